The number of methoxy groups -OCH3 is 1. The van der Waals surface area contributed by atoms with Crippen molar-refractivity contribution in [1.82, 2.24) is 0 Å². The molecule has 0 radical (unpaired) electrons. The molecule has 0 fully saturated rings. The zero-order valence-corrected chi connectivity index (χ0v) is 13.6. The zero-order chi connectivity index (χ0) is 15.5. The first-order chi connectivity index (χ1) is 10.2. The number of unbranched alkanes of at least 4 members (excludes halogenated alkanes) is 2. The zero-order valence-electron chi connectivity index (χ0n) is 13.6. The number of esters is 1. The molecule has 0 aliphatic heterocycles. The van der Waals surface area contributed by atoms with Crippen molar-refractivity contribution in [3.8, 4) is 0 Å². The molecule has 0 aliphatic rings. The van der Waals surface area contributed by atoms with E-state index in [2.05, 4.69) is 13.8 Å². The first kappa shape index (κ1) is 17.7. The van der Waals surface area contributed by atoms with Crippen molar-refractivity contribution < 1.29 is 14.3 Å². The summed E-state index contributed by atoms with van der Waals surface area (Å²) in [5.41, 5.74) is 1.76. The molecule has 0 spiro atoms. The average Bonchev–Trinajstić information content (AvgIpc) is 2.48. The van der Waals surface area contributed by atoms with Gasteiger partial charge in [-0.05, 0) is 30.9 Å². The molecule has 0 saturated carbocycles. The maximum Gasteiger partial charge on any atom is 0.338 e. The van der Waals surface area contributed by atoms with E-state index in [1.807, 2.05) is 24.3 Å². The van der Waals surface area contributed by atoms with Gasteiger partial charge in [0.2, 0.25) is 0 Å². The summed E-state index contributed by atoms with van der Waals surface area (Å²) in [6, 6.07) is 7.71. The van der Waals surface area contributed by atoms with Crippen molar-refractivity contribution >= 4 is 5.97 Å². The number of hydrogen-bond acceptors (Lipinski definition) is 3. The number of ether oxygens (including phenoxy) is 2. The first-order valence-corrected chi connectivity index (χ1v) is 8.00. The van der Waals surface area contributed by atoms with Gasteiger partial charge in [-0.1, -0.05) is 51.3 Å². The minimum absolute atomic E-state index is 0.149. The smallest absolute Gasteiger partial charge is 0.338 e. The van der Waals surface area contributed by atoms with E-state index in [-0.39, 0.29) is 12.1 Å². The van der Waals surface area contributed by atoms with Gasteiger partial charge in [0, 0.05) is 7.11 Å². The molecule has 0 heterocycles. The molecule has 1 atom stereocenters. The second-order valence-electron chi connectivity index (χ2n) is 5.39. The fourth-order valence-corrected chi connectivity index (χ4v) is 2.41. The van der Waals surface area contributed by atoms with Crippen LogP contribution in [-0.4, -0.2) is 25.8 Å². The number of carbonyl (C=O) groups excluding carboxylic acids is 1. The van der Waals surface area contributed by atoms with Crippen LogP contribution in [0.1, 0.15) is 61.9 Å². The topological polar surface area (TPSA) is 35.5 Å². The molecule has 0 bridgehead atoms. The summed E-state index contributed by atoms with van der Waals surface area (Å²) >= 11 is 0. The SMILES string of the molecule is CCCCCC(COC)OC(=O)c1ccccc1CCC. The fourth-order valence-electron chi connectivity index (χ4n) is 2.41. The van der Waals surface area contributed by atoms with Gasteiger partial charge in [0.15, 0.2) is 0 Å². The maximum atomic E-state index is 12.4. The normalized spacial score (nSPS) is 12.1. The van der Waals surface area contributed by atoms with Crippen LogP contribution < -0.4 is 0 Å². The molecule has 1 unspecified atom stereocenters. The quantitative estimate of drug-likeness (QED) is 0.474. The van der Waals surface area contributed by atoms with Gasteiger partial charge in [0.1, 0.15) is 6.10 Å². The number of benzene rings is 1. The lowest BCUT2D eigenvalue weighted by atomic mass is 10.0. The van der Waals surface area contributed by atoms with Gasteiger partial charge >= 0.3 is 5.97 Å². The Morgan fingerprint density at radius 2 is 1.90 bits per heavy atom. The van der Waals surface area contributed by atoms with E-state index in [0.717, 1.165) is 44.1 Å². The second kappa shape index (κ2) is 10.4. The molecule has 1 rings (SSSR count). The van der Waals surface area contributed by atoms with E-state index in [0.29, 0.717) is 12.2 Å². The Bertz CT molecular complexity index is 415. The van der Waals surface area contributed by atoms with Crippen LogP contribution in [0.3, 0.4) is 0 Å². The average molecular weight is 292 g/mol. The Morgan fingerprint density at radius 1 is 1.14 bits per heavy atom. The third-order valence-corrected chi connectivity index (χ3v) is 3.51. The highest BCUT2D eigenvalue weighted by Gasteiger charge is 2.17. The molecule has 0 aliphatic carbocycles. The summed E-state index contributed by atoms with van der Waals surface area (Å²) < 4.78 is 10.8. The Labute approximate surface area is 128 Å². The third kappa shape index (κ3) is 6.30. The summed E-state index contributed by atoms with van der Waals surface area (Å²) in [5.74, 6) is -0.224. The summed E-state index contributed by atoms with van der Waals surface area (Å²) in [5, 5.41) is 0. The Morgan fingerprint density at radius 3 is 2.57 bits per heavy atom. The molecule has 118 valence electrons. The minimum atomic E-state index is -0.224. The van der Waals surface area contributed by atoms with E-state index >= 15 is 0 Å². The van der Waals surface area contributed by atoms with Crippen LogP contribution in [0.5, 0.6) is 0 Å². The highest BCUT2D eigenvalue weighted by Crippen LogP contribution is 2.15. The fraction of sp³-hybridized carbons (Fsp3) is 0.611. The molecule has 3 nitrogen and oxygen atoms in total. The third-order valence-electron chi connectivity index (χ3n) is 3.51. The van der Waals surface area contributed by atoms with E-state index < -0.39 is 0 Å². The standard InChI is InChI=1S/C18H28O3/c1-4-6-7-12-16(14-20-3)21-18(19)17-13-9-8-11-15(17)10-5-2/h8-9,11,13,16H,4-7,10,12,14H2,1-3H3. The van der Waals surface area contributed by atoms with Crippen LogP contribution in [0.4, 0.5) is 0 Å². The van der Waals surface area contributed by atoms with Crippen molar-refractivity contribution in [2.24, 2.45) is 0 Å². The lowest BCUT2D eigenvalue weighted by Gasteiger charge is -2.18. The first-order valence-electron chi connectivity index (χ1n) is 8.00. The number of rotatable bonds is 10. The van der Waals surface area contributed by atoms with E-state index in [9.17, 15) is 4.79 Å². The molecule has 0 amide bonds. The summed E-state index contributed by atoms with van der Waals surface area (Å²) in [6.45, 7) is 4.74. The second-order valence-corrected chi connectivity index (χ2v) is 5.39. The lowest BCUT2D eigenvalue weighted by molar-refractivity contribution is 0.00231. The highest BCUT2D eigenvalue weighted by molar-refractivity contribution is 5.91. The Balaban J connectivity index is 2.67. The predicted octanol–water partition coefficient (Wildman–Crippen LogP) is 4.39. The number of carbonyl (C=O) groups is 1. The van der Waals surface area contributed by atoms with Gasteiger partial charge in [-0.25, -0.2) is 4.79 Å². The van der Waals surface area contributed by atoms with Gasteiger partial charge < -0.3 is 9.47 Å². The van der Waals surface area contributed by atoms with Crippen LogP contribution in [0.15, 0.2) is 24.3 Å². The summed E-state index contributed by atoms with van der Waals surface area (Å²) in [7, 11) is 1.64. The molecular formula is C18H28O3. The van der Waals surface area contributed by atoms with Gasteiger partial charge in [-0.15, -0.1) is 0 Å². The highest BCUT2D eigenvalue weighted by atomic mass is 16.6. The molecule has 3 heteroatoms. The molecule has 0 N–H and O–H groups in total. The van der Waals surface area contributed by atoms with Crippen molar-refractivity contribution in [2.45, 2.75) is 58.5 Å². The van der Waals surface area contributed by atoms with Crippen LogP contribution in [-0.2, 0) is 15.9 Å². The lowest BCUT2D eigenvalue weighted by Crippen LogP contribution is -2.23. The Hall–Kier alpha value is -1.35. The van der Waals surface area contributed by atoms with Gasteiger partial charge in [-0.2, -0.15) is 0 Å². The minimum Gasteiger partial charge on any atom is -0.456 e. The van der Waals surface area contributed by atoms with E-state index in [1.165, 1.54) is 0 Å². The molecule has 21 heavy (non-hydrogen) atoms. The van der Waals surface area contributed by atoms with Gasteiger partial charge in [0.05, 0.1) is 12.2 Å². The van der Waals surface area contributed by atoms with Gasteiger partial charge in [-0.3, -0.25) is 0 Å². The molecule has 0 aromatic heterocycles. The van der Waals surface area contributed by atoms with E-state index in [1.54, 1.807) is 7.11 Å². The molecule has 1 aromatic carbocycles. The van der Waals surface area contributed by atoms with Crippen molar-refractivity contribution in [3.05, 3.63) is 35.4 Å². The number of aryl methyl sites for hydroxylation is 1. The molecule has 0 saturated heterocycles. The number of hydrogen-bond donors (Lipinski definition) is 0. The largest absolute Gasteiger partial charge is 0.456 e. The summed E-state index contributed by atoms with van der Waals surface area (Å²) in [6.07, 6.45) is 6.01. The Kier molecular flexibility index (Phi) is 8.76. The van der Waals surface area contributed by atoms with Crippen molar-refractivity contribution in [2.75, 3.05) is 13.7 Å². The molecule has 1 aromatic rings. The van der Waals surface area contributed by atoms with Crippen LogP contribution in [0.25, 0.3) is 0 Å². The van der Waals surface area contributed by atoms with Crippen molar-refractivity contribution in [3.63, 3.8) is 0 Å². The van der Waals surface area contributed by atoms with Crippen LogP contribution in [0.2, 0.25) is 0 Å². The van der Waals surface area contributed by atoms with Crippen molar-refractivity contribution in [1.29, 1.82) is 0 Å². The summed E-state index contributed by atoms with van der Waals surface area (Å²) in [4.78, 5) is 12.4. The van der Waals surface area contributed by atoms with Crippen LogP contribution in [0, 0.1) is 0 Å². The monoisotopic (exact) mass is 292 g/mol. The predicted molar refractivity (Wildman–Crippen MR) is 85.7 cm³/mol. The molecular weight excluding hydrogens is 264 g/mol. The van der Waals surface area contributed by atoms with E-state index in [4.69, 9.17) is 9.47 Å². The van der Waals surface area contributed by atoms with Crippen LogP contribution >= 0.6 is 0 Å². The maximum absolute atomic E-state index is 12.4. The van der Waals surface area contributed by atoms with Gasteiger partial charge in [0.25, 0.3) is 0 Å².